The molecule has 2 aliphatic carbocycles. The second-order valence-electron chi connectivity index (χ2n) is 10.2. The number of sulfone groups is 1. The number of rotatable bonds is 9. The molecule has 3 unspecified atom stereocenters. The summed E-state index contributed by atoms with van der Waals surface area (Å²) >= 11 is 6.26. The number of nitrogens with one attached hydrogen (secondary N) is 1. The minimum Gasteiger partial charge on any atom is -0.391 e. The van der Waals surface area contributed by atoms with Gasteiger partial charge in [0, 0.05) is 17.3 Å². The first-order valence-electron chi connectivity index (χ1n) is 12.3. The molecule has 6 atom stereocenters. The number of aliphatic hydroxyl groups is 3. The Morgan fingerprint density at radius 3 is 2.39 bits per heavy atom. The molecule has 0 spiro atoms. The molecule has 2 aromatic carbocycles. The van der Waals surface area contributed by atoms with Crippen LogP contribution < -0.4 is 5.32 Å². The molecule has 0 aromatic heterocycles. The summed E-state index contributed by atoms with van der Waals surface area (Å²) in [7, 11) is -4.00. The molecule has 0 saturated heterocycles. The lowest BCUT2D eigenvalue weighted by Crippen LogP contribution is -2.51. The molecule has 2 fully saturated rings. The Balaban J connectivity index is 1.49. The first kappa shape index (κ1) is 28.8. The number of aliphatic hydroxyl groups excluding tert-OH is 2. The fourth-order valence-electron chi connectivity index (χ4n) is 5.40. The van der Waals surface area contributed by atoms with Crippen molar-refractivity contribution in [3.63, 3.8) is 0 Å². The maximum atomic E-state index is 13.7. The largest absolute Gasteiger partial charge is 0.391 e. The Kier molecular flexibility index (Phi) is 8.46. The van der Waals surface area contributed by atoms with Gasteiger partial charge < -0.3 is 25.4 Å². The van der Waals surface area contributed by atoms with Crippen molar-refractivity contribution in [1.82, 2.24) is 0 Å². The molecule has 2 bridgehead atoms. The lowest BCUT2D eigenvalue weighted by atomic mass is 9.75. The molecule has 0 aliphatic heterocycles. The van der Waals surface area contributed by atoms with Crippen molar-refractivity contribution in [2.24, 2.45) is 11.8 Å². The second-order valence-corrected chi connectivity index (χ2v) is 12.8. The van der Waals surface area contributed by atoms with Gasteiger partial charge in [-0.25, -0.2) is 17.2 Å². The van der Waals surface area contributed by atoms with Crippen molar-refractivity contribution < 1.29 is 42.0 Å². The highest BCUT2D eigenvalue weighted by atomic mass is 35.5. The summed E-state index contributed by atoms with van der Waals surface area (Å²) in [5, 5.41) is 32.0. The zero-order valence-electron chi connectivity index (χ0n) is 20.6. The number of hydrogen-bond acceptors (Lipinski definition) is 7. The van der Waals surface area contributed by atoms with E-state index >= 15 is 0 Å². The molecule has 8 nitrogen and oxygen atoms in total. The molecular weight excluding hydrogens is 544 g/mol. The average Bonchev–Trinajstić information content (AvgIpc) is 3.02. The molecule has 0 heterocycles. The minimum absolute atomic E-state index is 0.000387. The summed E-state index contributed by atoms with van der Waals surface area (Å²) in [5.41, 5.74) is -1.28. The highest BCUT2D eigenvalue weighted by molar-refractivity contribution is 7.92. The van der Waals surface area contributed by atoms with Crippen LogP contribution in [-0.4, -0.2) is 65.9 Å². The summed E-state index contributed by atoms with van der Waals surface area (Å²) in [6.45, 7) is 1.18. The van der Waals surface area contributed by atoms with Gasteiger partial charge in [0.1, 0.15) is 6.10 Å². The van der Waals surface area contributed by atoms with Crippen LogP contribution in [0.4, 0.5) is 14.5 Å². The van der Waals surface area contributed by atoms with Crippen LogP contribution in [0.2, 0.25) is 5.02 Å². The number of ether oxygens (including phenoxy) is 1. The van der Waals surface area contributed by atoms with E-state index in [-0.39, 0.29) is 59.1 Å². The zero-order chi connectivity index (χ0) is 27.8. The quantitative estimate of drug-likeness (QED) is 0.362. The van der Waals surface area contributed by atoms with Crippen molar-refractivity contribution in [3.05, 3.63) is 58.6 Å². The molecular formula is C26H30ClF2NO7S. The second kappa shape index (κ2) is 11.1. The topological polar surface area (TPSA) is 133 Å². The Hall–Kier alpha value is -2.15. The molecule has 208 valence electrons. The van der Waals surface area contributed by atoms with Gasteiger partial charge in [0.25, 0.3) is 5.91 Å². The van der Waals surface area contributed by atoms with Crippen LogP contribution in [-0.2, 0) is 14.6 Å². The zero-order valence-corrected chi connectivity index (χ0v) is 22.2. The van der Waals surface area contributed by atoms with Crippen molar-refractivity contribution in [2.75, 3.05) is 18.5 Å². The van der Waals surface area contributed by atoms with Gasteiger partial charge in [-0.1, -0.05) is 11.6 Å². The summed E-state index contributed by atoms with van der Waals surface area (Å²) in [6, 6.07) is 6.65. The Bertz CT molecular complexity index is 1290. The minimum atomic E-state index is -4.00. The van der Waals surface area contributed by atoms with Gasteiger partial charge in [0.15, 0.2) is 21.5 Å². The standard InChI is InChI=1S/C26H30ClF2NO7S/c1-14(31)23(32)12-37-13-26(34)16-3-4-17(26)10-19(9-16)38(35,36)24-8-15(2-6-20(24)27)25(33)30-18-5-7-21(28)22(29)11-18/h2,5-8,11,14,16-17,19,23,31-32,34H,3-4,9-10,12-13H2,1H3,(H,30,33)/t14-,16+,17?,19?,23-,26?/m1/s1. The fraction of sp³-hybridized carbons (Fsp3) is 0.500. The highest BCUT2D eigenvalue weighted by Gasteiger charge is 2.56. The van der Waals surface area contributed by atoms with Crippen molar-refractivity contribution in [3.8, 4) is 0 Å². The van der Waals surface area contributed by atoms with Crippen LogP contribution >= 0.6 is 11.6 Å². The summed E-state index contributed by atoms with van der Waals surface area (Å²) in [6.07, 6.45) is -0.526. The van der Waals surface area contributed by atoms with E-state index in [9.17, 15) is 37.3 Å². The molecule has 2 saturated carbocycles. The smallest absolute Gasteiger partial charge is 0.255 e. The van der Waals surface area contributed by atoms with Crippen LogP contribution in [0.15, 0.2) is 41.3 Å². The number of anilines is 1. The first-order valence-corrected chi connectivity index (χ1v) is 14.2. The van der Waals surface area contributed by atoms with Crippen molar-refractivity contribution in [1.29, 1.82) is 0 Å². The molecule has 1 amide bonds. The van der Waals surface area contributed by atoms with Gasteiger partial charge in [-0.15, -0.1) is 0 Å². The molecule has 2 aromatic rings. The molecule has 0 radical (unpaired) electrons. The number of carbonyl (C=O) groups excluding carboxylic acids is 1. The molecule has 12 heteroatoms. The van der Waals surface area contributed by atoms with Crippen LogP contribution in [0.25, 0.3) is 0 Å². The van der Waals surface area contributed by atoms with Gasteiger partial charge in [0.05, 0.1) is 40.1 Å². The third-order valence-corrected chi connectivity index (χ3v) is 10.3. The summed E-state index contributed by atoms with van der Waals surface area (Å²) in [4.78, 5) is 12.5. The maximum Gasteiger partial charge on any atom is 0.255 e. The molecule has 38 heavy (non-hydrogen) atoms. The molecule has 4 N–H and O–H groups in total. The van der Waals surface area contributed by atoms with Gasteiger partial charge in [-0.3, -0.25) is 4.79 Å². The van der Waals surface area contributed by atoms with Crippen LogP contribution in [0.5, 0.6) is 0 Å². The predicted molar refractivity (Wildman–Crippen MR) is 136 cm³/mol. The first-order chi connectivity index (χ1) is 17.8. The summed E-state index contributed by atoms with van der Waals surface area (Å²) in [5.74, 6) is -3.65. The SMILES string of the molecule is C[C@@H](O)[C@H](O)COCC1(O)C2CC[C@H]1CC(S(=O)(=O)c1cc(C(=O)Nc3ccc(F)c(F)c3)ccc1Cl)C2. The van der Waals surface area contributed by atoms with E-state index in [0.29, 0.717) is 12.8 Å². The normalized spacial score (nSPS) is 26.7. The number of amides is 1. The average molecular weight is 574 g/mol. The van der Waals surface area contributed by atoms with E-state index in [2.05, 4.69) is 5.32 Å². The monoisotopic (exact) mass is 573 g/mol. The fourth-order valence-corrected chi connectivity index (χ4v) is 7.80. The van der Waals surface area contributed by atoms with Gasteiger partial charge in [-0.05, 0) is 74.8 Å². The highest BCUT2D eigenvalue weighted by Crippen LogP contribution is 2.52. The lowest BCUT2D eigenvalue weighted by molar-refractivity contribution is -0.129. The third-order valence-electron chi connectivity index (χ3n) is 7.67. The predicted octanol–water partition coefficient (Wildman–Crippen LogP) is 3.32. The third kappa shape index (κ3) is 5.73. The van der Waals surface area contributed by atoms with Crippen LogP contribution in [0.3, 0.4) is 0 Å². The molecule has 4 rings (SSSR count). The van der Waals surface area contributed by atoms with E-state index in [1.807, 2.05) is 0 Å². The maximum absolute atomic E-state index is 13.7. The molecule has 2 aliphatic rings. The Morgan fingerprint density at radius 2 is 1.79 bits per heavy atom. The van der Waals surface area contributed by atoms with Crippen LogP contribution in [0, 0.1) is 23.5 Å². The number of carbonyl (C=O) groups is 1. The van der Waals surface area contributed by atoms with E-state index in [1.54, 1.807) is 0 Å². The van der Waals surface area contributed by atoms with Crippen molar-refractivity contribution >= 4 is 33.0 Å². The number of benzene rings is 2. The number of fused-ring (bicyclic) bond motifs is 2. The van der Waals surface area contributed by atoms with Gasteiger partial charge in [0.2, 0.25) is 0 Å². The van der Waals surface area contributed by atoms with Gasteiger partial charge >= 0.3 is 0 Å². The van der Waals surface area contributed by atoms with Gasteiger partial charge in [-0.2, -0.15) is 0 Å². The Morgan fingerprint density at radius 1 is 1.13 bits per heavy atom. The Labute approximate surface area is 224 Å². The van der Waals surface area contributed by atoms with E-state index in [0.717, 1.165) is 18.2 Å². The van der Waals surface area contributed by atoms with Crippen molar-refractivity contribution in [2.45, 2.75) is 60.6 Å². The number of hydrogen-bond donors (Lipinski definition) is 4. The van der Waals surface area contributed by atoms with E-state index < -0.39 is 50.4 Å². The van der Waals surface area contributed by atoms with E-state index in [4.69, 9.17) is 16.3 Å². The summed E-state index contributed by atoms with van der Waals surface area (Å²) < 4.78 is 59.5. The van der Waals surface area contributed by atoms with E-state index in [1.165, 1.54) is 25.1 Å². The van der Waals surface area contributed by atoms with Crippen LogP contribution in [0.1, 0.15) is 43.0 Å². The number of halogens is 3. The lowest BCUT2D eigenvalue weighted by Gasteiger charge is -2.42.